The van der Waals surface area contributed by atoms with E-state index in [4.69, 9.17) is 10.5 Å². The molecule has 5 nitrogen and oxygen atoms in total. The van der Waals surface area contributed by atoms with Gasteiger partial charge in [0.1, 0.15) is 0 Å². The number of nitrogens with zero attached hydrogens (tertiary/aromatic N) is 2. The average molecular weight is 398 g/mol. The van der Waals surface area contributed by atoms with Crippen LogP contribution in [0.25, 0.3) is 0 Å². The van der Waals surface area contributed by atoms with Crippen molar-refractivity contribution in [2.45, 2.75) is 33.7 Å². The van der Waals surface area contributed by atoms with Crippen LogP contribution in [0.2, 0.25) is 0 Å². The molecule has 1 unspecified atom stereocenters. The summed E-state index contributed by atoms with van der Waals surface area (Å²) in [6.07, 6.45) is 0. The van der Waals surface area contributed by atoms with Gasteiger partial charge < -0.3 is 15.8 Å². The number of hydrogen-bond donors (Lipinski definition) is 2. The van der Waals surface area contributed by atoms with E-state index >= 15 is 0 Å². The van der Waals surface area contributed by atoms with E-state index in [-0.39, 0.29) is 24.0 Å². The minimum atomic E-state index is 0. The Bertz CT molecular complexity index is 278. The van der Waals surface area contributed by atoms with Crippen molar-refractivity contribution in [3.63, 3.8) is 0 Å². The van der Waals surface area contributed by atoms with Crippen LogP contribution in [0.15, 0.2) is 4.99 Å². The van der Waals surface area contributed by atoms with Gasteiger partial charge in [0.15, 0.2) is 5.96 Å². The average Bonchev–Trinajstić information content (AvgIpc) is 2.37. The summed E-state index contributed by atoms with van der Waals surface area (Å²) in [6, 6.07) is 0.483. The van der Waals surface area contributed by atoms with Gasteiger partial charge in [-0.2, -0.15) is 0 Å². The van der Waals surface area contributed by atoms with Gasteiger partial charge in [0, 0.05) is 32.2 Å². The molecule has 0 aromatic rings. The lowest BCUT2D eigenvalue weighted by atomic mass is 10.0. The zero-order valence-corrected chi connectivity index (χ0v) is 15.6. The lowest BCUT2D eigenvalue weighted by Gasteiger charge is -2.37. The molecule has 0 bridgehead atoms. The standard InChI is InChI=1S/C14H30N4O.HI/c1-11(2)9-16-14(15)17-10-13(12(3)4)18-5-7-19-8-6-18;/h11-13H,5-10H2,1-4H3,(H3,15,16,17);1H. The van der Waals surface area contributed by atoms with Crippen molar-refractivity contribution in [2.24, 2.45) is 22.6 Å². The van der Waals surface area contributed by atoms with Gasteiger partial charge in [-0.05, 0) is 11.8 Å². The second kappa shape index (κ2) is 10.6. The molecule has 1 aliphatic heterocycles. The highest BCUT2D eigenvalue weighted by Gasteiger charge is 2.23. The molecule has 0 aromatic carbocycles. The van der Waals surface area contributed by atoms with Crippen molar-refractivity contribution in [3.8, 4) is 0 Å². The highest BCUT2D eigenvalue weighted by molar-refractivity contribution is 14.0. The molecule has 1 saturated heterocycles. The van der Waals surface area contributed by atoms with Gasteiger partial charge in [0.2, 0.25) is 0 Å². The number of halogens is 1. The lowest BCUT2D eigenvalue weighted by molar-refractivity contribution is 0.00755. The van der Waals surface area contributed by atoms with E-state index in [0.717, 1.165) is 39.4 Å². The largest absolute Gasteiger partial charge is 0.379 e. The van der Waals surface area contributed by atoms with E-state index in [1.165, 1.54) is 0 Å². The summed E-state index contributed by atoms with van der Waals surface area (Å²) in [7, 11) is 0. The van der Waals surface area contributed by atoms with E-state index in [2.05, 4.69) is 42.9 Å². The second-order valence-electron chi connectivity index (χ2n) is 5.96. The predicted molar refractivity (Wildman–Crippen MR) is 95.8 cm³/mol. The summed E-state index contributed by atoms with van der Waals surface area (Å²) in [5.41, 5.74) is 5.90. The molecule has 0 saturated carbocycles. The molecule has 3 N–H and O–H groups in total. The van der Waals surface area contributed by atoms with Gasteiger partial charge in [0.25, 0.3) is 0 Å². The van der Waals surface area contributed by atoms with E-state index in [0.29, 0.717) is 23.8 Å². The van der Waals surface area contributed by atoms with E-state index in [1.807, 2.05) is 0 Å². The number of morpholine rings is 1. The monoisotopic (exact) mass is 398 g/mol. The summed E-state index contributed by atoms with van der Waals surface area (Å²) in [5.74, 6) is 1.69. The Hall–Kier alpha value is -0.0800. The Kier molecular flexibility index (Phi) is 10.6. The Morgan fingerprint density at radius 3 is 2.35 bits per heavy atom. The first kappa shape index (κ1) is 19.9. The fourth-order valence-electron chi connectivity index (χ4n) is 2.24. The van der Waals surface area contributed by atoms with E-state index < -0.39 is 0 Å². The van der Waals surface area contributed by atoms with Gasteiger partial charge in [-0.15, -0.1) is 24.0 Å². The first-order valence-corrected chi connectivity index (χ1v) is 7.36. The van der Waals surface area contributed by atoms with E-state index in [1.54, 1.807) is 0 Å². The van der Waals surface area contributed by atoms with Crippen molar-refractivity contribution >= 4 is 29.9 Å². The van der Waals surface area contributed by atoms with E-state index in [9.17, 15) is 0 Å². The molecule has 0 spiro atoms. The number of ether oxygens (including phenoxy) is 1. The first-order valence-electron chi connectivity index (χ1n) is 7.36. The Balaban J connectivity index is 0.00000361. The SMILES string of the molecule is CC(C)CN=C(N)NCC(C(C)C)N1CCOCC1.I. The molecule has 0 aromatic heterocycles. The molecule has 0 radical (unpaired) electrons. The molecule has 1 aliphatic rings. The van der Waals surface area contributed by atoms with Crippen molar-refractivity contribution in [1.82, 2.24) is 10.2 Å². The van der Waals surface area contributed by atoms with Crippen molar-refractivity contribution in [3.05, 3.63) is 0 Å². The summed E-state index contributed by atoms with van der Waals surface area (Å²) in [5, 5.41) is 3.26. The summed E-state index contributed by atoms with van der Waals surface area (Å²) in [4.78, 5) is 6.82. The molecule has 20 heavy (non-hydrogen) atoms. The van der Waals surface area contributed by atoms with Crippen LogP contribution in [0.1, 0.15) is 27.7 Å². The highest BCUT2D eigenvalue weighted by Crippen LogP contribution is 2.12. The number of nitrogens with one attached hydrogen (secondary N) is 1. The zero-order valence-electron chi connectivity index (χ0n) is 13.3. The number of nitrogens with two attached hydrogens (primary N) is 1. The van der Waals surface area contributed by atoms with Crippen molar-refractivity contribution < 1.29 is 4.74 Å². The first-order chi connectivity index (χ1) is 9.00. The molecular weight excluding hydrogens is 367 g/mol. The Morgan fingerprint density at radius 1 is 1.25 bits per heavy atom. The van der Waals surface area contributed by atoms with Crippen LogP contribution in [0, 0.1) is 11.8 Å². The highest BCUT2D eigenvalue weighted by atomic mass is 127. The third kappa shape index (κ3) is 7.64. The van der Waals surface area contributed by atoms with Gasteiger partial charge in [-0.25, -0.2) is 0 Å². The van der Waals surface area contributed by atoms with Crippen LogP contribution in [0.3, 0.4) is 0 Å². The summed E-state index contributed by atoms with van der Waals surface area (Å²) in [6.45, 7) is 14.1. The van der Waals surface area contributed by atoms with Crippen molar-refractivity contribution in [2.75, 3.05) is 39.4 Å². The number of aliphatic imine (C=N–C) groups is 1. The minimum Gasteiger partial charge on any atom is -0.379 e. The molecular formula is C14H31IN4O. The maximum atomic E-state index is 5.90. The van der Waals surface area contributed by atoms with Gasteiger partial charge in [-0.1, -0.05) is 27.7 Å². The van der Waals surface area contributed by atoms with Crippen LogP contribution in [0.5, 0.6) is 0 Å². The quantitative estimate of drug-likeness (QED) is 0.405. The van der Waals surface area contributed by atoms with Crippen molar-refractivity contribution in [1.29, 1.82) is 0 Å². The molecule has 0 aliphatic carbocycles. The molecule has 1 fully saturated rings. The molecule has 1 atom stereocenters. The Labute approximate surface area is 140 Å². The van der Waals surface area contributed by atoms with Gasteiger partial charge in [0.05, 0.1) is 13.2 Å². The maximum absolute atomic E-state index is 5.90. The molecule has 1 rings (SSSR count). The summed E-state index contributed by atoms with van der Waals surface area (Å²) >= 11 is 0. The molecule has 1 heterocycles. The van der Waals surface area contributed by atoms with Gasteiger partial charge in [-0.3, -0.25) is 9.89 Å². The van der Waals surface area contributed by atoms with Crippen LogP contribution in [-0.2, 0) is 4.74 Å². The third-order valence-electron chi connectivity index (χ3n) is 3.40. The second-order valence-corrected chi connectivity index (χ2v) is 5.96. The number of hydrogen-bond acceptors (Lipinski definition) is 3. The normalized spacial score (nSPS) is 19.0. The fraction of sp³-hybridized carbons (Fsp3) is 0.929. The lowest BCUT2D eigenvalue weighted by Crippen LogP contribution is -2.52. The summed E-state index contributed by atoms with van der Waals surface area (Å²) < 4.78 is 5.41. The topological polar surface area (TPSA) is 62.9 Å². The molecule has 120 valence electrons. The van der Waals surface area contributed by atoms with Crippen LogP contribution < -0.4 is 11.1 Å². The minimum absolute atomic E-state index is 0. The molecule has 6 heteroatoms. The fourth-order valence-corrected chi connectivity index (χ4v) is 2.24. The zero-order chi connectivity index (χ0) is 14.3. The van der Waals surface area contributed by atoms with Crippen LogP contribution in [-0.4, -0.2) is 56.3 Å². The Morgan fingerprint density at radius 2 is 1.85 bits per heavy atom. The van der Waals surface area contributed by atoms with Crippen LogP contribution in [0.4, 0.5) is 0 Å². The molecule has 0 amide bonds. The smallest absolute Gasteiger partial charge is 0.188 e. The maximum Gasteiger partial charge on any atom is 0.188 e. The number of guanidine groups is 1. The number of rotatable bonds is 6. The van der Waals surface area contributed by atoms with Gasteiger partial charge >= 0.3 is 0 Å². The van der Waals surface area contributed by atoms with Crippen LogP contribution >= 0.6 is 24.0 Å². The predicted octanol–water partition coefficient (Wildman–Crippen LogP) is 1.52. The third-order valence-corrected chi connectivity index (χ3v) is 3.40.